The minimum absolute atomic E-state index is 0.00104. The van der Waals surface area contributed by atoms with E-state index in [1.165, 1.54) is 11.1 Å². The first-order valence-electron chi connectivity index (χ1n) is 5.65. The molecule has 2 nitrogen and oxygen atoms in total. The number of ether oxygens (including phenoxy) is 1. The largest absolute Gasteiger partial charge is 0.497 e. The van der Waals surface area contributed by atoms with Gasteiger partial charge in [-0.05, 0) is 36.1 Å². The van der Waals surface area contributed by atoms with Crippen LogP contribution >= 0.6 is 0 Å². The third-order valence-electron chi connectivity index (χ3n) is 4.12. The lowest BCUT2D eigenvalue weighted by Crippen LogP contribution is -2.07. The van der Waals surface area contributed by atoms with Gasteiger partial charge >= 0.3 is 0 Å². The fourth-order valence-corrected chi connectivity index (χ4v) is 2.66. The van der Waals surface area contributed by atoms with Crippen LogP contribution in [0.5, 0.6) is 5.75 Å². The molecule has 0 aromatic heterocycles. The van der Waals surface area contributed by atoms with Gasteiger partial charge in [0.2, 0.25) is 0 Å². The number of aryl methyl sites for hydroxylation is 1. The third kappa shape index (κ3) is 1.44. The Morgan fingerprint density at radius 2 is 2.06 bits per heavy atom. The maximum absolute atomic E-state index is 11.0. The molecule has 0 radical (unpaired) electrons. The summed E-state index contributed by atoms with van der Waals surface area (Å²) in [5.41, 5.74) is 2.40. The molecule has 2 heteroatoms. The number of carbonyl (C=O) groups excluding carboxylic acids is 1. The Labute approximate surface area is 96.6 Å². The van der Waals surface area contributed by atoms with Crippen LogP contribution in [0.3, 0.4) is 0 Å². The predicted molar refractivity (Wildman–Crippen MR) is 63.8 cm³/mol. The second-order valence-corrected chi connectivity index (χ2v) is 4.97. The number of hydrogen-bond donors (Lipinski definition) is 0. The average Bonchev–Trinajstić information content (AvgIpc) is 2.81. The Morgan fingerprint density at radius 1 is 1.38 bits per heavy atom. The van der Waals surface area contributed by atoms with Crippen molar-refractivity contribution in [2.75, 3.05) is 7.11 Å². The molecule has 1 aliphatic rings. The minimum Gasteiger partial charge on any atom is -0.497 e. The van der Waals surface area contributed by atoms with E-state index < -0.39 is 0 Å². The smallest absolute Gasteiger partial charge is 0.124 e. The van der Waals surface area contributed by atoms with E-state index in [1.807, 2.05) is 12.1 Å². The van der Waals surface area contributed by atoms with E-state index in [9.17, 15) is 4.79 Å². The molecule has 3 atom stereocenters. The van der Waals surface area contributed by atoms with Crippen LogP contribution in [0, 0.1) is 18.8 Å². The van der Waals surface area contributed by atoms with Crippen LogP contribution in [0.15, 0.2) is 18.2 Å². The minimum atomic E-state index is 0.00104. The number of benzene rings is 1. The second-order valence-electron chi connectivity index (χ2n) is 4.97. The molecule has 0 amide bonds. The van der Waals surface area contributed by atoms with Crippen LogP contribution in [0.25, 0.3) is 0 Å². The first kappa shape index (κ1) is 11.2. The van der Waals surface area contributed by atoms with Crippen molar-refractivity contribution >= 4 is 6.29 Å². The standard InChI is InChI=1S/C14H18O2/c1-9-5-11(7-12(6-9)16-4)14(3)10(2)13(14)8-15/h5-8,10,13H,1-4H3. The zero-order valence-electron chi connectivity index (χ0n) is 10.3. The Balaban J connectivity index is 2.42. The summed E-state index contributed by atoms with van der Waals surface area (Å²) in [6.07, 6.45) is 1.08. The average molecular weight is 218 g/mol. The molecule has 0 aliphatic heterocycles. The summed E-state index contributed by atoms with van der Waals surface area (Å²) < 4.78 is 5.27. The number of carbonyl (C=O) groups is 1. The highest BCUT2D eigenvalue weighted by Gasteiger charge is 2.59. The summed E-state index contributed by atoms with van der Waals surface area (Å²) in [6, 6.07) is 6.21. The zero-order valence-corrected chi connectivity index (χ0v) is 10.3. The summed E-state index contributed by atoms with van der Waals surface area (Å²) in [6.45, 7) is 6.34. The SMILES string of the molecule is COc1cc(C)cc(C2(C)C(C)C2C=O)c1. The van der Waals surface area contributed by atoms with Gasteiger partial charge in [-0.1, -0.05) is 19.9 Å². The number of hydrogen-bond acceptors (Lipinski definition) is 2. The maximum atomic E-state index is 11.0. The van der Waals surface area contributed by atoms with E-state index >= 15 is 0 Å². The van der Waals surface area contributed by atoms with E-state index in [4.69, 9.17) is 4.74 Å². The van der Waals surface area contributed by atoms with E-state index in [0.29, 0.717) is 5.92 Å². The summed E-state index contributed by atoms with van der Waals surface area (Å²) in [5.74, 6) is 1.45. The van der Waals surface area contributed by atoms with E-state index in [-0.39, 0.29) is 11.3 Å². The van der Waals surface area contributed by atoms with Crippen molar-refractivity contribution in [3.63, 3.8) is 0 Å². The third-order valence-corrected chi connectivity index (χ3v) is 4.12. The first-order chi connectivity index (χ1) is 7.53. The summed E-state index contributed by atoms with van der Waals surface area (Å²) >= 11 is 0. The second kappa shape index (κ2) is 3.62. The highest BCUT2D eigenvalue weighted by molar-refractivity contribution is 5.66. The van der Waals surface area contributed by atoms with Crippen LogP contribution in [0.4, 0.5) is 0 Å². The molecule has 1 aliphatic carbocycles. The predicted octanol–water partition coefficient (Wildman–Crippen LogP) is 2.73. The van der Waals surface area contributed by atoms with Crippen LogP contribution in [0.1, 0.15) is 25.0 Å². The molecule has 1 fully saturated rings. The molecule has 1 saturated carbocycles. The van der Waals surface area contributed by atoms with Crippen molar-refractivity contribution < 1.29 is 9.53 Å². The fraction of sp³-hybridized carbons (Fsp3) is 0.500. The molecule has 0 heterocycles. The van der Waals surface area contributed by atoms with Crippen LogP contribution < -0.4 is 4.74 Å². The van der Waals surface area contributed by atoms with Crippen LogP contribution in [-0.2, 0) is 10.2 Å². The molecule has 0 bridgehead atoms. The number of methoxy groups -OCH3 is 1. The van der Waals surface area contributed by atoms with Crippen molar-refractivity contribution in [2.45, 2.75) is 26.2 Å². The Bertz CT molecular complexity index is 425. The van der Waals surface area contributed by atoms with E-state index in [1.54, 1.807) is 7.11 Å². The van der Waals surface area contributed by atoms with Gasteiger partial charge < -0.3 is 9.53 Å². The fourth-order valence-electron chi connectivity index (χ4n) is 2.66. The van der Waals surface area contributed by atoms with Crippen molar-refractivity contribution in [2.24, 2.45) is 11.8 Å². The lowest BCUT2D eigenvalue weighted by Gasteiger charge is -2.14. The van der Waals surface area contributed by atoms with Gasteiger partial charge in [0.1, 0.15) is 12.0 Å². The highest BCUT2D eigenvalue weighted by atomic mass is 16.5. The van der Waals surface area contributed by atoms with Crippen molar-refractivity contribution in [1.82, 2.24) is 0 Å². The van der Waals surface area contributed by atoms with Gasteiger partial charge in [-0.25, -0.2) is 0 Å². The van der Waals surface area contributed by atoms with Gasteiger partial charge in [0, 0.05) is 11.3 Å². The van der Waals surface area contributed by atoms with Gasteiger partial charge in [0.25, 0.3) is 0 Å². The normalized spacial score (nSPS) is 32.2. The lowest BCUT2D eigenvalue weighted by molar-refractivity contribution is -0.109. The van der Waals surface area contributed by atoms with Gasteiger partial charge in [0.05, 0.1) is 7.11 Å². The molecule has 0 N–H and O–H groups in total. The van der Waals surface area contributed by atoms with Crippen molar-refractivity contribution in [3.8, 4) is 5.75 Å². The van der Waals surface area contributed by atoms with Gasteiger partial charge in [-0.15, -0.1) is 0 Å². The van der Waals surface area contributed by atoms with Crippen LogP contribution in [0.2, 0.25) is 0 Å². The molecule has 1 aromatic rings. The lowest BCUT2D eigenvalue weighted by atomic mass is 9.92. The zero-order chi connectivity index (χ0) is 11.9. The van der Waals surface area contributed by atoms with Gasteiger partial charge in [-0.2, -0.15) is 0 Å². The number of rotatable bonds is 3. The molecule has 86 valence electrons. The van der Waals surface area contributed by atoms with Crippen molar-refractivity contribution in [1.29, 1.82) is 0 Å². The quantitative estimate of drug-likeness (QED) is 0.729. The summed E-state index contributed by atoms with van der Waals surface area (Å²) in [4.78, 5) is 11.0. The Kier molecular flexibility index (Phi) is 2.53. The maximum Gasteiger partial charge on any atom is 0.124 e. The molecule has 2 rings (SSSR count). The van der Waals surface area contributed by atoms with Gasteiger partial charge in [-0.3, -0.25) is 0 Å². The molecular weight excluding hydrogens is 200 g/mol. The summed E-state index contributed by atoms with van der Waals surface area (Å²) in [5, 5.41) is 0. The Hall–Kier alpha value is -1.31. The van der Waals surface area contributed by atoms with Crippen LogP contribution in [-0.4, -0.2) is 13.4 Å². The van der Waals surface area contributed by atoms with Crippen molar-refractivity contribution in [3.05, 3.63) is 29.3 Å². The molecule has 3 unspecified atom stereocenters. The monoisotopic (exact) mass is 218 g/mol. The molecule has 1 aromatic carbocycles. The topological polar surface area (TPSA) is 26.3 Å². The molecule has 16 heavy (non-hydrogen) atoms. The number of aldehydes is 1. The molecule has 0 saturated heterocycles. The van der Waals surface area contributed by atoms with E-state index in [0.717, 1.165) is 12.0 Å². The Morgan fingerprint density at radius 3 is 2.56 bits per heavy atom. The summed E-state index contributed by atoms with van der Waals surface area (Å²) in [7, 11) is 1.68. The van der Waals surface area contributed by atoms with Gasteiger partial charge in [0.15, 0.2) is 0 Å². The highest BCUT2D eigenvalue weighted by Crippen LogP contribution is 2.58. The first-order valence-corrected chi connectivity index (χ1v) is 5.65. The molecular formula is C14H18O2. The molecule has 0 spiro atoms. The van der Waals surface area contributed by atoms with E-state index in [2.05, 4.69) is 26.8 Å².